The molecule has 0 saturated heterocycles. The Kier molecular flexibility index (Phi) is 3.86. The van der Waals surface area contributed by atoms with Gasteiger partial charge >= 0.3 is 5.97 Å². The van der Waals surface area contributed by atoms with E-state index < -0.39 is 0 Å². The zero-order valence-electron chi connectivity index (χ0n) is 8.88. The number of hydrogen-bond donors (Lipinski definition) is 0. The second kappa shape index (κ2) is 4.94. The predicted molar refractivity (Wildman–Crippen MR) is 56.3 cm³/mol. The molecule has 1 unspecified atom stereocenters. The standard InChI is InChI=1S/C11H17NO2/c1-4-5-6-7-9-11(13)14-10(12-9)8(2)3/h9H,2,4-7H2,1,3H3. The lowest BCUT2D eigenvalue weighted by molar-refractivity contribution is -0.135. The van der Waals surface area contributed by atoms with Crippen molar-refractivity contribution in [3.05, 3.63) is 12.2 Å². The van der Waals surface area contributed by atoms with E-state index in [0.717, 1.165) is 31.3 Å². The van der Waals surface area contributed by atoms with Gasteiger partial charge in [0.1, 0.15) is 0 Å². The zero-order chi connectivity index (χ0) is 10.6. The van der Waals surface area contributed by atoms with Crippen molar-refractivity contribution in [3.8, 4) is 0 Å². The van der Waals surface area contributed by atoms with Gasteiger partial charge < -0.3 is 4.74 Å². The molecule has 0 aromatic carbocycles. The van der Waals surface area contributed by atoms with Gasteiger partial charge in [0.05, 0.1) is 0 Å². The third kappa shape index (κ3) is 2.69. The number of hydrogen-bond acceptors (Lipinski definition) is 3. The Labute approximate surface area is 84.9 Å². The van der Waals surface area contributed by atoms with Crippen molar-refractivity contribution < 1.29 is 9.53 Å². The number of ether oxygens (including phenoxy) is 1. The zero-order valence-corrected chi connectivity index (χ0v) is 8.88. The van der Waals surface area contributed by atoms with E-state index in [-0.39, 0.29) is 12.0 Å². The topological polar surface area (TPSA) is 38.7 Å². The van der Waals surface area contributed by atoms with Gasteiger partial charge in [-0.25, -0.2) is 9.79 Å². The number of aliphatic imine (C=N–C) groups is 1. The summed E-state index contributed by atoms with van der Waals surface area (Å²) in [5.41, 5.74) is 0.719. The summed E-state index contributed by atoms with van der Waals surface area (Å²) in [6, 6.07) is -0.284. The molecule has 3 nitrogen and oxygen atoms in total. The molecule has 0 amide bonds. The molecule has 78 valence electrons. The summed E-state index contributed by atoms with van der Waals surface area (Å²) in [4.78, 5) is 15.5. The van der Waals surface area contributed by atoms with E-state index in [1.54, 1.807) is 6.92 Å². The lowest BCUT2D eigenvalue weighted by Gasteiger charge is -2.01. The van der Waals surface area contributed by atoms with Gasteiger partial charge in [0.2, 0.25) is 5.90 Å². The molecule has 14 heavy (non-hydrogen) atoms. The van der Waals surface area contributed by atoms with Crippen LogP contribution >= 0.6 is 0 Å². The number of unbranched alkanes of at least 4 members (excludes halogenated alkanes) is 2. The maximum absolute atomic E-state index is 11.3. The minimum atomic E-state index is -0.284. The van der Waals surface area contributed by atoms with Gasteiger partial charge in [-0.2, -0.15) is 0 Å². The van der Waals surface area contributed by atoms with Crippen molar-refractivity contribution in [2.75, 3.05) is 0 Å². The fourth-order valence-corrected chi connectivity index (χ4v) is 1.35. The highest BCUT2D eigenvalue weighted by molar-refractivity contribution is 6.05. The Morgan fingerprint density at radius 3 is 2.79 bits per heavy atom. The van der Waals surface area contributed by atoms with Crippen molar-refractivity contribution in [1.82, 2.24) is 0 Å². The molecule has 0 aliphatic carbocycles. The van der Waals surface area contributed by atoms with E-state index in [1.807, 2.05) is 0 Å². The van der Waals surface area contributed by atoms with Crippen LogP contribution in [0, 0.1) is 0 Å². The van der Waals surface area contributed by atoms with Crippen molar-refractivity contribution in [3.63, 3.8) is 0 Å². The second-order valence-electron chi connectivity index (χ2n) is 3.65. The van der Waals surface area contributed by atoms with Crippen LogP contribution in [0.25, 0.3) is 0 Å². The first-order valence-corrected chi connectivity index (χ1v) is 5.10. The van der Waals surface area contributed by atoms with Crippen LogP contribution in [0.4, 0.5) is 0 Å². The molecule has 0 spiro atoms. The van der Waals surface area contributed by atoms with E-state index in [1.165, 1.54) is 0 Å². The molecule has 1 heterocycles. The summed E-state index contributed by atoms with van der Waals surface area (Å²) < 4.78 is 4.98. The maximum atomic E-state index is 11.3. The number of esters is 1. The SMILES string of the molecule is C=C(C)C1=NC(CCCCC)C(=O)O1. The average molecular weight is 195 g/mol. The van der Waals surface area contributed by atoms with Crippen LogP contribution in [0.15, 0.2) is 17.1 Å². The number of carbonyl (C=O) groups excluding carboxylic acids is 1. The number of rotatable bonds is 5. The number of cyclic esters (lactones) is 1. The summed E-state index contributed by atoms with van der Waals surface area (Å²) in [6.45, 7) is 7.62. The summed E-state index contributed by atoms with van der Waals surface area (Å²) in [5.74, 6) is 0.190. The highest BCUT2D eigenvalue weighted by atomic mass is 16.6. The van der Waals surface area contributed by atoms with Gasteiger partial charge in [0.15, 0.2) is 6.04 Å². The molecule has 0 aromatic rings. The van der Waals surface area contributed by atoms with Crippen LogP contribution in [0.5, 0.6) is 0 Å². The lowest BCUT2D eigenvalue weighted by atomic mass is 10.1. The predicted octanol–water partition coefficient (Wildman–Crippen LogP) is 2.47. The minimum absolute atomic E-state index is 0.223. The summed E-state index contributed by atoms with van der Waals surface area (Å²) in [7, 11) is 0. The monoisotopic (exact) mass is 195 g/mol. The highest BCUT2D eigenvalue weighted by Crippen LogP contribution is 2.16. The van der Waals surface area contributed by atoms with E-state index in [2.05, 4.69) is 18.5 Å². The minimum Gasteiger partial charge on any atom is -0.406 e. The van der Waals surface area contributed by atoms with E-state index in [9.17, 15) is 4.79 Å². The smallest absolute Gasteiger partial charge is 0.337 e. The van der Waals surface area contributed by atoms with Crippen LogP contribution in [-0.4, -0.2) is 17.9 Å². The van der Waals surface area contributed by atoms with Crippen LogP contribution in [-0.2, 0) is 9.53 Å². The first kappa shape index (κ1) is 11.0. The van der Waals surface area contributed by atoms with Crippen LogP contribution in [0.2, 0.25) is 0 Å². The highest BCUT2D eigenvalue weighted by Gasteiger charge is 2.28. The van der Waals surface area contributed by atoms with Crippen LogP contribution in [0.3, 0.4) is 0 Å². The lowest BCUT2D eigenvalue weighted by Crippen LogP contribution is -2.14. The molecule has 0 fully saturated rings. The molecule has 1 rings (SSSR count). The summed E-state index contributed by atoms with van der Waals surface area (Å²) >= 11 is 0. The van der Waals surface area contributed by atoms with Gasteiger partial charge in [0, 0.05) is 5.57 Å². The molecular weight excluding hydrogens is 178 g/mol. The Bertz CT molecular complexity index is 268. The number of carbonyl (C=O) groups is 1. The summed E-state index contributed by atoms with van der Waals surface area (Å²) in [6.07, 6.45) is 4.12. The Hall–Kier alpha value is -1.12. The Balaban J connectivity index is 2.45. The molecular formula is C11H17NO2. The molecule has 0 aromatic heterocycles. The molecule has 0 radical (unpaired) electrons. The van der Waals surface area contributed by atoms with Crippen molar-refractivity contribution in [2.45, 2.75) is 45.6 Å². The first-order valence-electron chi connectivity index (χ1n) is 5.10. The Morgan fingerprint density at radius 2 is 2.29 bits per heavy atom. The molecule has 0 N–H and O–H groups in total. The fraction of sp³-hybridized carbons (Fsp3) is 0.636. The molecule has 3 heteroatoms. The van der Waals surface area contributed by atoms with Crippen molar-refractivity contribution in [2.24, 2.45) is 4.99 Å². The molecule has 1 aliphatic heterocycles. The fourth-order valence-electron chi connectivity index (χ4n) is 1.35. The second-order valence-corrected chi connectivity index (χ2v) is 3.65. The maximum Gasteiger partial charge on any atom is 0.337 e. The van der Waals surface area contributed by atoms with Gasteiger partial charge in [-0.1, -0.05) is 32.8 Å². The molecule has 0 bridgehead atoms. The Morgan fingerprint density at radius 1 is 1.57 bits per heavy atom. The van der Waals surface area contributed by atoms with E-state index in [4.69, 9.17) is 4.74 Å². The van der Waals surface area contributed by atoms with Gasteiger partial charge in [-0.15, -0.1) is 0 Å². The van der Waals surface area contributed by atoms with Gasteiger partial charge in [-0.3, -0.25) is 0 Å². The van der Waals surface area contributed by atoms with Crippen LogP contribution < -0.4 is 0 Å². The molecule has 0 saturated carbocycles. The van der Waals surface area contributed by atoms with Gasteiger partial charge in [0.25, 0.3) is 0 Å². The van der Waals surface area contributed by atoms with Crippen LogP contribution in [0.1, 0.15) is 39.5 Å². The number of nitrogens with zero attached hydrogens (tertiary/aromatic N) is 1. The molecule has 1 atom stereocenters. The van der Waals surface area contributed by atoms with Crippen molar-refractivity contribution in [1.29, 1.82) is 0 Å². The normalized spacial score (nSPS) is 20.6. The quantitative estimate of drug-likeness (QED) is 0.499. The third-order valence-corrected chi connectivity index (χ3v) is 2.19. The first-order chi connectivity index (χ1) is 6.65. The average Bonchev–Trinajstić information content (AvgIpc) is 2.49. The van der Waals surface area contributed by atoms with Gasteiger partial charge in [-0.05, 0) is 13.3 Å². The van der Waals surface area contributed by atoms with Crippen molar-refractivity contribution >= 4 is 11.9 Å². The summed E-state index contributed by atoms with van der Waals surface area (Å²) in [5, 5.41) is 0. The third-order valence-electron chi connectivity index (χ3n) is 2.19. The largest absolute Gasteiger partial charge is 0.406 e. The van der Waals surface area contributed by atoms with E-state index in [0.29, 0.717) is 5.90 Å². The molecule has 1 aliphatic rings. The van der Waals surface area contributed by atoms with E-state index >= 15 is 0 Å².